The lowest BCUT2D eigenvalue weighted by Gasteiger charge is -2.10. The first-order valence-electron chi connectivity index (χ1n) is 11.5. The van der Waals surface area contributed by atoms with Gasteiger partial charge in [-0.3, -0.25) is 9.59 Å². The van der Waals surface area contributed by atoms with Crippen LogP contribution in [0, 0.1) is 0 Å². The van der Waals surface area contributed by atoms with Crippen LogP contribution in [-0.4, -0.2) is 46.6 Å². The van der Waals surface area contributed by atoms with Crippen LogP contribution >= 0.6 is 11.8 Å². The standard InChI is InChI=1S/C26H26F3N5O4S/c1-4-12-34-22(15-30-23(35)11-9-17-8-10-20(37-2)21(13-17)38-3)32-33-25(34)39-16-24(36)31-19-7-5-6-18(14-19)26(27,28)29/h4-11,13-14H,1,12,15-16H2,2-3H3,(H,30,35)(H,31,36). The van der Waals surface area contributed by atoms with Crippen LogP contribution in [0.3, 0.4) is 0 Å². The number of aromatic nitrogens is 3. The number of amides is 2. The second-order valence-corrected chi connectivity index (χ2v) is 8.82. The van der Waals surface area contributed by atoms with Gasteiger partial charge in [0.1, 0.15) is 0 Å². The van der Waals surface area contributed by atoms with Crippen molar-refractivity contribution in [2.24, 2.45) is 0 Å². The van der Waals surface area contributed by atoms with Gasteiger partial charge in [-0.1, -0.05) is 30.0 Å². The monoisotopic (exact) mass is 561 g/mol. The predicted molar refractivity (Wildman–Crippen MR) is 141 cm³/mol. The fourth-order valence-electron chi connectivity index (χ4n) is 3.32. The molecule has 1 heterocycles. The summed E-state index contributed by atoms with van der Waals surface area (Å²) in [6.07, 6.45) is 0.0825. The molecule has 9 nitrogen and oxygen atoms in total. The van der Waals surface area contributed by atoms with Gasteiger partial charge in [-0.2, -0.15) is 13.2 Å². The van der Waals surface area contributed by atoms with Crippen LogP contribution in [0.15, 0.2) is 66.4 Å². The first-order valence-corrected chi connectivity index (χ1v) is 12.4. The Morgan fingerprint density at radius 3 is 2.56 bits per heavy atom. The van der Waals surface area contributed by atoms with Crippen LogP contribution in [0.5, 0.6) is 11.5 Å². The van der Waals surface area contributed by atoms with Gasteiger partial charge in [-0.15, -0.1) is 16.8 Å². The van der Waals surface area contributed by atoms with Gasteiger partial charge < -0.3 is 24.7 Å². The number of hydrogen-bond donors (Lipinski definition) is 2. The van der Waals surface area contributed by atoms with Crippen molar-refractivity contribution in [3.63, 3.8) is 0 Å². The van der Waals surface area contributed by atoms with E-state index >= 15 is 0 Å². The fourth-order valence-corrected chi connectivity index (χ4v) is 4.09. The molecule has 0 aliphatic rings. The van der Waals surface area contributed by atoms with E-state index in [9.17, 15) is 22.8 Å². The Balaban J connectivity index is 1.58. The second kappa shape index (κ2) is 13.5. The number of nitrogens with zero attached hydrogens (tertiary/aromatic N) is 3. The third-order valence-electron chi connectivity index (χ3n) is 5.17. The summed E-state index contributed by atoms with van der Waals surface area (Å²) in [5.74, 6) is 0.541. The zero-order valence-electron chi connectivity index (χ0n) is 21.1. The van der Waals surface area contributed by atoms with E-state index in [1.54, 1.807) is 34.9 Å². The number of rotatable bonds is 12. The van der Waals surface area contributed by atoms with Crippen molar-refractivity contribution in [1.29, 1.82) is 0 Å². The molecule has 0 aliphatic heterocycles. The topological polar surface area (TPSA) is 107 Å². The summed E-state index contributed by atoms with van der Waals surface area (Å²) in [6.45, 7) is 4.09. The lowest BCUT2D eigenvalue weighted by Crippen LogP contribution is -2.23. The van der Waals surface area contributed by atoms with Crippen molar-refractivity contribution < 1.29 is 32.2 Å². The lowest BCUT2D eigenvalue weighted by atomic mass is 10.2. The molecule has 0 saturated heterocycles. The molecule has 0 unspecified atom stereocenters. The first-order chi connectivity index (χ1) is 18.6. The van der Waals surface area contributed by atoms with Crippen LogP contribution < -0.4 is 20.1 Å². The number of benzene rings is 2. The highest BCUT2D eigenvalue weighted by molar-refractivity contribution is 7.99. The molecule has 1 aromatic heterocycles. The van der Waals surface area contributed by atoms with Crippen molar-refractivity contribution in [2.75, 3.05) is 25.3 Å². The average molecular weight is 562 g/mol. The minimum absolute atomic E-state index is 0.0347. The highest BCUT2D eigenvalue weighted by Gasteiger charge is 2.30. The molecule has 206 valence electrons. The number of hydrogen-bond acceptors (Lipinski definition) is 7. The molecule has 2 amide bonds. The molecule has 3 rings (SSSR count). The number of methoxy groups -OCH3 is 2. The van der Waals surface area contributed by atoms with E-state index in [2.05, 4.69) is 27.4 Å². The molecule has 0 spiro atoms. The van der Waals surface area contributed by atoms with Crippen LogP contribution in [0.1, 0.15) is 17.0 Å². The van der Waals surface area contributed by atoms with Gasteiger partial charge in [0.25, 0.3) is 0 Å². The van der Waals surface area contributed by atoms with Crippen molar-refractivity contribution in [1.82, 2.24) is 20.1 Å². The molecular formula is C26H26F3N5O4S. The van der Waals surface area contributed by atoms with Crippen LogP contribution in [0.2, 0.25) is 0 Å². The van der Waals surface area contributed by atoms with Crippen LogP contribution in [0.4, 0.5) is 18.9 Å². The molecule has 39 heavy (non-hydrogen) atoms. The van der Waals surface area contributed by atoms with E-state index in [1.165, 1.54) is 32.4 Å². The van der Waals surface area contributed by atoms with E-state index in [4.69, 9.17) is 9.47 Å². The largest absolute Gasteiger partial charge is 0.493 e. The molecule has 2 N–H and O–H groups in total. The van der Waals surface area contributed by atoms with E-state index < -0.39 is 17.6 Å². The summed E-state index contributed by atoms with van der Waals surface area (Å²) < 4.78 is 50.8. The third kappa shape index (κ3) is 8.37. The first kappa shape index (κ1) is 29.3. The number of allylic oxidation sites excluding steroid dienone is 1. The van der Waals surface area contributed by atoms with E-state index in [-0.39, 0.29) is 23.9 Å². The molecule has 0 radical (unpaired) electrons. The van der Waals surface area contributed by atoms with Crippen molar-refractivity contribution >= 4 is 35.3 Å². The van der Waals surface area contributed by atoms with Gasteiger partial charge in [0, 0.05) is 18.3 Å². The number of carbonyl (C=O) groups excluding carboxylic acids is 2. The maximum atomic E-state index is 12.9. The molecule has 13 heteroatoms. The SMILES string of the molecule is C=CCn1c(CNC(=O)C=Cc2ccc(OC)c(OC)c2)nnc1SCC(=O)Nc1cccc(C(F)(F)F)c1. The fraction of sp³-hybridized carbons (Fsp3) is 0.231. The van der Waals surface area contributed by atoms with Gasteiger partial charge in [-0.25, -0.2) is 0 Å². The maximum Gasteiger partial charge on any atom is 0.416 e. The van der Waals surface area contributed by atoms with E-state index in [0.29, 0.717) is 29.0 Å². The molecule has 0 bridgehead atoms. The Morgan fingerprint density at radius 2 is 1.87 bits per heavy atom. The van der Waals surface area contributed by atoms with Gasteiger partial charge in [-0.05, 0) is 42.0 Å². The number of ether oxygens (including phenoxy) is 2. The summed E-state index contributed by atoms with van der Waals surface area (Å²) in [6, 6.07) is 9.62. The minimum Gasteiger partial charge on any atom is -0.493 e. The number of halogens is 3. The number of nitrogens with one attached hydrogen (secondary N) is 2. The number of carbonyl (C=O) groups is 2. The summed E-state index contributed by atoms with van der Waals surface area (Å²) in [5, 5.41) is 13.7. The van der Waals surface area contributed by atoms with Gasteiger partial charge in [0.05, 0.1) is 32.1 Å². The Bertz CT molecular complexity index is 1360. The third-order valence-corrected chi connectivity index (χ3v) is 6.13. The molecule has 0 saturated carbocycles. The lowest BCUT2D eigenvalue weighted by molar-refractivity contribution is -0.137. The number of alkyl halides is 3. The maximum absolute atomic E-state index is 12.9. The highest BCUT2D eigenvalue weighted by atomic mass is 32.2. The zero-order chi connectivity index (χ0) is 28.4. The smallest absolute Gasteiger partial charge is 0.416 e. The van der Waals surface area contributed by atoms with Gasteiger partial charge in [0.15, 0.2) is 22.5 Å². The van der Waals surface area contributed by atoms with E-state index in [1.807, 2.05) is 0 Å². The Morgan fingerprint density at radius 1 is 1.10 bits per heavy atom. The molecule has 0 aliphatic carbocycles. The molecule has 0 fully saturated rings. The van der Waals surface area contributed by atoms with Crippen LogP contribution in [-0.2, 0) is 28.9 Å². The average Bonchev–Trinajstić information content (AvgIpc) is 3.30. The van der Waals surface area contributed by atoms with Crippen molar-refractivity contribution in [3.8, 4) is 11.5 Å². The minimum atomic E-state index is -4.51. The quantitative estimate of drug-likeness (QED) is 0.190. The Labute approximate surface area is 227 Å². The second-order valence-electron chi connectivity index (χ2n) is 7.88. The van der Waals surface area contributed by atoms with Gasteiger partial charge in [0.2, 0.25) is 11.8 Å². The normalized spacial score (nSPS) is 11.3. The molecule has 3 aromatic rings. The molecular weight excluding hydrogens is 535 g/mol. The molecule has 0 atom stereocenters. The number of thioether (sulfide) groups is 1. The summed E-state index contributed by atoms with van der Waals surface area (Å²) in [5.41, 5.74) is -0.0869. The number of anilines is 1. The summed E-state index contributed by atoms with van der Waals surface area (Å²) in [4.78, 5) is 24.7. The Kier molecular flexibility index (Phi) is 10.1. The summed E-state index contributed by atoms with van der Waals surface area (Å²) >= 11 is 1.05. The highest BCUT2D eigenvalue weighted by Crippen LogP contribution is 2.31. The van der Waals surface area contributed by atoms with Gasteiger partial charge >= 0.3 is 6.18 Å². The predicted octanol–water partition coefficient (Wildman–Crippen LogP) is 4.56. The van der Waals surface area contributed by atoms with Crippen molar-refractivity contribution in [2.45, 2.75) is 24.4 Å². The zero-order valence-corrected chi connectivity index (χ0v) is 21.9. The summed E-state index contributed by atoms with van der Waals surface area (Å²) in [7, 11) is 3.05. The molecule has 2 aromatic carbocycles. The van der Waals surface area contributed by atoms with E-state index in [0.717, 1.165) is 29.5 Å². The van der Waals surface area contributed by atoms with Crippen LogP contribution in [0.25, 0.3) is 6.08 Å². The Hall–Kier alpha value is -4.26. The van der Waals surface area contributed by atoms with Crippen molar-refractivity contribution in [3.05, 3.63) is 78.1 Å².